The van der Waals surface area contributed by atoms with E-state index >= 15 is 0 Å². The summed E-state index contributed by atoms with van der Waals surface area (Å²) in [7, 11) is 1.59. The molecule has 2 amide bonds. The number of Topliss-reactive ketones (excluding diaryl/α,β-unsaturated/α-hetero) is 1. The number of aryl methyl sites for hydroxylation is 1. The highest BCUT2D eigenvalue weighted by Crippen LogP contribution is 2.23. The van der Waals surface area contributed by atoms with Crippen LogP contribution in [0.3, 0.4) is 0 Å². The highest BCUT2D eigenvalue weighted by atomic mass is 35.5. The fourth-order valence-electron chi connectivity index (χ4n) is 2.36. The van der Waals surface area contributed by atoms with Crippen molar-refractivity contribution in [2.45, 2.75) is 27.2 Å². The average molecular weight is 487 g/mol. The fraction of sp³-hybridized carbons (Fsp3) is 0.409. The van der Waals surface area contributed by atoms with Gasteiger partial charge < -0.3 is 14.8 Å². The Labute approximate surface area is 196 Å². The number of nitrogens with zero attached hydrogens (tertiary/aromatic N) is 1. The minimum atomic E-state index is -0.479. The lowest BCUT2D eigenvalue weighted by Crippen LogP contribution is -2.24. The van der Waals surface area contributed by atoms with E-state index in [0.717, 1.165) is 12.0 Å². The van der Waals surface area contributed by atoms with Crippen LogP contribution in [0.1, 0.15) is 35.5 Å². The van der Waals surface area contributed by atoms with Gasteiger partial charge in [-0.15, -0.1) is 11.3 Å². The number of cyclic esters (lactones) is 1. The molecule has 1 aliphatic rings. The van der Waals surface area contributed by atoms with Gasteiger partial charge >= 0.3 is 6.09 Å². The number of rotatable bonds is 6. The van der Waals surface area contributed by atoms with Gasteiger partial charge in [-0.05, 0) is 50.1 Å². The van der Waals surface area contributed by atoms with Crippen LogP contribution in [0.5, 0.6) is 0 Å². The number of halogens is 2. The second-order valence-electron chi connectivity index (χ2n) is 6.66. The van der Waals surface area contributed by atoms with Gasteiger partial charge in [0.25, 0.3) is 5.91 Å². The molecule has 0 unspecified atom stereocenters. The molecule has 1 aliphatic heterocycles. The molecule has 0 spiro atoms. The first-order valence-electron chi connectivity index (χ1n) is 9.94. The lowest BCUT2D eigenvalue weighted by atomic mass is 10.2. The summed E-state index contributed by atoms with van der Waals surface area (Å²) in [6.45, 7) is 7.04. The summed E-state index contributed by atoms with van der Waals surface area (Å²) < 4.78 is 23.7. The van der Waals surface area contributed by atoms with Crippen LogP contribution in [-0.4, -0.2) is 51.2 Å². The number of thiophene rings is 1. The van der Waals surface area contributed by atoms with Crippen molar-refractivity contribution in [3.8, 4) is 0 Å². The van der Waals surface area contributed by atoms with E-state index in [-0.39, 0.29) is 29.8 Å². The predicted octanol–water partition coefficient (Wildman–Crippen LogP) is 4.85. The molecule has 0 bridgehead atoms. The first-order valence-corrected chi connectivity index (χ1v) is 11.1. The Balaban J connectivity index is 0.000000253. The molecule has 1 N–H and O–H groups in total. The zero-order valence-corrected chi connectivity index (χ0v) is 20.1. The smallest absolute Gasteiger partial charge is 0.414 e. The molecule has 176 valence electrons. The Morgan fingerprint density at radius 2 is 2.03 bits per heavy atom. The first kappa shape index (κ1) is 27.5. The quantitative estimate of drug-likeness (QED) is 0.590. The highest BCUT2D eigenvalue weighted by Gasteiger charge is 2.25. The number of hydrogen-bond donors (Lipinski definition) is 1. The number of carbonyl (C=O) groups excluding carboxylic acids is 3. The monoisotopic (exact) mass is 486 g/mol. The summed E-state index contributed by atoms with van der Waals surface area (Å²) in [5, 5.41) is 2.51. The van der Waals surface area contributed by atoms with E-state index in [2.05, 4.69) is 5.32 Å². The van der Waals surface area contributed by atoms with Crippen molar-refractivity contribution in [3.63, 3.8) is 0 Å². The van der Waals surface area contributed by atoms with Crippen LogP contribution < -0.4 is 10.2 Å². The molecule has 3 rings (SSSR count). The molecule has 0 radical (unpaired) electrons. The van der Waals surface area contributed by atoms with E-state index in [0.29, 0.717) is 29.0 Å². The molecule has 1 aromatic heterocycles. The highest BCUT2D eigenvalue weighted by molar-refractivity contribution is 7.17. The lowest BCUT2D eigenvalue weighted by Gasteiger charge is -2.13. The molecule has 1 aromatic carbocycles. The average Bonchev–Trinajstić information content (AvgIpc) is 3.37. The molecule has 0 aliphatic carbocycles. The summed E-state index contributed by atoms with van der Waals surface area (Å²) in [6.07, 6.45) is 0.501. The van der Waals surface area contributed by atoms with Gasteiger partial charge in [-0.25, -0.2) is 9.18 Å². The maximum absolute atomic E-state index is 13.4. The maximum atomic E-state index is 13.4. The zero-order chi connectivity index (χ0) is 24.1. The normalized spacial score (nSPS) is 12.2. The number of ketones is 1. The third-order valence-electron chi connectivity index (χ3n) is 3.83. The summed E-state index contributed by atoms with van der Waals surface area (Å²) >= 11 is 6.87. The van der Waals surface area contributed by atoms with Crippen molar-refractivity contribution < 1.29 is 28.2 Å². The summed E-state index contributed by atoms with van der Waals surface area (Å²) in [5.41, 5.74) is 1.12. The molecule has 0 saturated carbocycles. The summed E-state index contributed by atoms with van der Waals surface area (Å²) in [5.74, 6) is -0.376. The van der Waals surface area contributed by atoms with Crippen LogP contribution in [0.2, 0.25) is 4.34 Å². The molecule has 1 fully saturated rings. The zero-order valence-electron chi connectivity index (χ0n) is 18.6. The molecular weight excluding hydrogens is 459 g/mol. The van der Waals surface area contributed by atoms with Gasteiger partial charge in [0.15, 0.2) is 5.78 Å². The first-order chi connectivity index (χ1) is 15.2. The number of amides is 2. The lowest BCUT2D eigenvalue weighted by molar-refractivity contribution is -0.121. The molecule has 7 nitrogen and oxygen atoms in total. The Hall–Kier alpha value is -2.49. The third kappa shape index (κ3) is 9.76. The predicted molar refractivity (Wildman–Crippen MR) is 124 cm³/mol. The fourth-order valence-corrected chi connectivity index (χ4v) is 3.35. The van der Waals surface area contributed by atoms with Gasteiger partial charge in [-0.1, -0.05) is 24.6 Å². The number of ether oxygens (including phenoxy) is 2. The number of carbonyl (C=O) groups is 3. The van der Waals surface area contributed by atoms with Crippen molar-refractivity contribution in [2.75, 3.05) is 38.3 Å². The van der Waals surface area contributed by atoms with Crippen LogP contribution in [0, 0.1) is 12.7 Å². The van der Waals surface area contributed by atoms with Crippen molar-refractivity contribution in [2.24, 2.45) is 0 Å². The van der Waals surface area contributed by atoms with Crippen LogP contribution in [0.4, 0.5) is 14.9 Å². The van der Waals surface area contributed by atoms with E-state index in [1.165, 1.54) is 29.2 Å². The Morgan fingerprint density at radius 3 is 2.50 bits per heavy atom. The number of nitrogens with one attached hydrogen (secondary N) is 1. The third-order valence-corrected chi connectivity index (χ3v) is 5.06. The minimum Gasteiger partial charge on any atom is -0.447 e. The summed E-state index contributed by atoms with van der Waals surface area (Å²) in [6, 6.07) is 8.17. The maximum Gasteiger partial charge on any atom is 0.414 e. The molecule has 32 heavy (non-hydrogen) atoms. The molecule has 2 aromatic rings. The van der Waals surface area contributed by atoms with Gasteiger partial charge in [-0.2, -0.15) is 0 Å². The molecule has 1 saturated heterocycles. The van der Waals surface area contributed by atoms with Crippen molar-refractivity contribution in [1.29, 1.82) is 0 Å². The number of benzene rings is 1. The molecular formula is C22H28ClFN2O5S. The number of hydrogen-bond acceptors (Lipinski definition) is 6. The van der Waals surface area contributed by atoms with E-state index in [1.807, 2.05) is 6.92 Å². The Morgan fingerprint density at radius 1 is 1.31 bits per heavy atom. The van der Waals surface area contributed by atoms with Crippen LogP contribution in [0.25, 0.3) is 0 Å². The van der Waals surface area contributed by atoms with E-state index < -0.39 is 6.09 Å². The van der Waals surface area contributed by atoms with E-state index in [9.17, 15) is 18.8 Å². The standard InChI is InChI=1S/C10H10FNO2.C6H6ClNOS.C6H12O2/c1-7-2-3-9(8(11)6-7)12-4-5-14-10(12)13;1-8-6(9)4-2-3-5(7)10-4;1-3-4-8-5-6(2)7/h2-3,6H,4-5H2,1H3;2-3H,1H3,(H,8,9);3-5H2,1-2H3. The minimum absolute atomic E-state index is 0.0862. The Kier molecular flexibility index (Phi) is 12.5. The van der Waals surface area contributed by atoms with Crippen molar-refractivity contribution >= 4 is 46.4 Å². The topological polar surface area (TPSA) is 84.9 Å². The Bertz CT molecular complexity index is 906. The molecule has 0 atom stereocenters. The number of anilines is 1. The van der Waals surface area contributed by atoms with Gasteiger partial charge in [0.05, 0.1) is 21.4 Å². The molecule has 2 heterocycles. The van der Waals surface area contributed by atoms with Gasteiger partial charge in [-0.3, -0.25) is 14.5 Å². The van der Waals surface area contributed by atoms with Crippen LogP contribution in [0.15, 0.2) is 30.3 Å². The van der Waals surface area contributed by atoms with Crippen LogP contribution in [-0.2, 0) is 14.3 Å². The largest absolute Gasteiger partial charge is 0.447 e. The van der Waals surface area contributed by atoms with E-state index in [1.54, 1.807) is 38.2 Å². The SMILES string of the molecule is CCCOCC(C)=O.CNC(=O)c1ccc(Cl)s1.Cc1ccc(N2CCOC2=O)c(F)c1. The molecule has 10 heteroatoms. The van der Waals surface area contributed by atoms with Crippen molar-refractivity contribution in [3.05, 3.63) is 50.9 Å². The van der Waals surface area contributed by atoms with Gasteiger partial charge in [0, 0.05) is 13.7 Å². The van der Waals surface area contributed by atoms with Gasteiger partial charge in [0.2, 0.25) is 0 Å². The van der Waals surface area contributed by atoms with Crippen molar-refractivity contribution in [1.82, 2.24) is 5.32 Å². The second kappa shape index (κ2) is 14.5. The van der Waals surface area contributed by atoms with E-state index in [4.69, 9.17) is 21.1 Å². The second-order valence-corrected chi connectivity index (χ2v) is 8.37. The summed E-state index contributed by atoms with van der Waals surface area (Å²) in [4.78, 5) is 34.2. The van der Waals surface area contributed by atoms with Gasteiger partial charge in [0.1, 0.15) is 19.0 Å². The van der Waals surface area contributed by atoms with Crippen LogP contribution >= 0.6 is 22.9 Å².